The summed E-state index contributed by atoms with van der Waals surface area (Å²) in [7, 11) is 0. The van der Waals surface area contributed by atoms with Crippen LogP contribution in [0.25, 0.3) is 0 Å². The Kier molecular flexibility index (Phi) is 6.22. The molecule has 19 heavy (non-hydrogen) atoms. The Balaban J connectivity index is 1.57. The molecule has 0 bridgehead atoms. The van der Waals surface area contributed by atoms with Gasteiger partial charge in [0.05, 0.1) is 6.61 Å². The summed E-state index contributed by atoms with van der Waals surface area (Å²) < 4.78 is 5.66. The van der Waals surface area contributed by atoms with Gasteiger partial charge >= 0.3 is 0 Å². The van der Waals surface area contributed by atoms with E-state index in [1.165, 1.54) is 37.7 Å². The lowest BCUT2D eigenvalue weighted by molar-refractivity contribution is 0.309. The topological polar surface area (TPSA) is 21.3 Å². The molecule has 1 fully saturated rings. The van der Waals surface area contributed by atoms with Crippen LogP contribution in [0.4, 0.5) is 0 Å². The highest BCUT2D eigenvalue weighted by Gasteiger charge is 2.19. The van der Waals surface area contributed by atoms with Gasteiger partial charge in [-0.15, -0.1) is 0 Å². The normalized spacial score (nSPS) is 14.6. The Morgan fingerprint density at radius 1 is 1.16 bits per heavy atom. The van der Waals surface area contributed by atoms with E-state index in [0.29, 0.717) is 0 Å². The van der Waals surface area contributed by atoms with E-state index in [1.54, 1.807) is 0 Å². The lowest BCUT2D eigenvalue weighted by Crippen LogP contribution is -2.14. The molecule has 0 unspecified atom stereocenters. The molecule has 0 aliphatic heterocycles. The molecule has 1 aliphatic rings. The third-order valence-electron chi connectivity index (χ3n) is 3.68. The van der Waals surface area contributed by atoms with Crippen molar-refractivity contribution in [2.75, 3.05) is 13.2 Å². The number of rotatable bonds is 10. The predicted octanol–water partition coefficient (Wildman–Crippen LogP) is 4.15. The smallest absolute Gasteiger partial charge is 0.119 e. The quantitative estimate of drug-likeness (QED) is 0.639. The van der Waals surface area contributed by atoms with E-state index in [9.17, 15) is 0 Å². The predicted molar refractivity (Wildman–Crippen MR) is 80.5 cm³/mol. The van der Waals surface area contributed by atoms with Gasteiger partial charge in [-0.2, -0.15) is 0 Å². The van der Waals surface area contributed by atoms with Crippen LogP contribution in [0, 0.1) is 5.92 Å². The van der Waals surface area contributed by atoms with Gasteiger partial charge in [0.2, 0.25) is 0 Å². The maximum Gasteiger partial charge on any atom is 0.119 e. The first-order valence-electron chi connectivity index (χ1n) is 7.81. The molecule has 2 nitrogen and oxygen atoms in total. The van der Waals surface area contributed by atoms with Crippen LogP contribution in [0.15, 0.2) is 24.3 Å². The zero-order valence-corrected chi connectivity index (χ0v) is 12.2. The van der Waals surface area contributed by atoms with E-state index >= 15 is 0 Å². The molecule has 0 amide bonds. The van der Waals surface area contributed by atoms with Gasteiger partial charge in [-0.1, -0.05) is 38.3 Å². The molecule has 0 atom stereocenters. The van der Waals surface area contributed by atoms with Gasteiger partial charge in [-0.3, -0.25) is 0 Å². The molecule has 1 aromatic carbocycles. The van der Waals surface area contributed by atoms with Crippen molar-refractivity contribution in [2.45, 2.75) is 52.0 Å². The van der Waals surface area contributed by atoms with Crippen molar-refractivity contribution in [1.29, 1.82) is 0 Å². The second-order valence-corrected chi connectivity index (χ2v) is 5.61. The monoisotopic (exact) mass is 261 g/mol. The molecular formula is C17H27NO. The molecule has 106 valence electrons. The van der Waals surface area contributed by atoms with Crippen LogP contribution >= 0.6 is 0 Å². The summed E-state index contributed by atoms with van der Waals surface area (Å²) in [5.74, 6) is 2.05. The summed E-state index contributed by atoms with van der Waals surface area (Å²) in [4.78, 5) is 0. The number of nitrogens with one attached hydrogen (secondary N) is 1. The Labute approximate surface area is 117 Å². The van der Waals surface area contributed by atoms with E-state index in [-0.39, 0.29) is 0 Å². The Hall–Kier alpha value is -1.02. The SMILES string of the molecule is CCCCOc1ccc(CNCCCC2CC2)cc1. The van der Waals surface area contributed by atoms with Crippen molar-refractivity contribution in [3.8, 4) is 5.75 Å². The first-order chi connectivity index (χ1) is 9.38. The molecule has 0 aromatic heterocycles. The molecule has 1 aliphatic carbocycles. The van der Waals surface area contributed by atoms with Crippen molar-refractivity contribution in [2.24, 2.45) is 5.92 Å². The molecule has 1 aromatic rings. The fraction of sp³-hybridized carbons (Fsp3) is 0.647. The van der Waals surface area contributed by atoms with Crippen molar-refractivity contribution in [1.82, 2.24) is 5.32 Å². The maximum absolute atomic E-state index is 5.66. The standard InChI is InChI=1S/C17H27NO/c1-2-3-13-19-17-10-8-16(9-11-17)14-18-12-4-5-15-6-7-15/h8-11,15,18H,2-7,12-14H2,1H3. The molecule has 1 saturated carbocycles. The third-order valence-corrected chi connectivity index (χ3v) is 3.68. The van der Waals surface area contributed by atoms with E-state index in [0.717, 1.165) is 37.8 Å². The van der Waals surface area contributed by atoms with Crippen LogP contribution < -0.4 is 10.1 Å². The van der Waals surface area contributed by atoms with E-state index in [1.807, 2.05) is 0 Å². The van der Waals surface area contributed by atoms with Crippen LogP contribution in [-0.4, -0.2) is 13.2 Å². The average Bonchev–Trinajstić information content (AvgIpc) is 3.25. The number of unbranched alkanes of at least 4 members (excludes halogenated alkanes) is 1. The van der Waals surface area contributed by atoms with Gasteiger partial charge in [0.1, 0.15) is 5.75 Å². The van der Waals surface area contributed by atoms with Crippen molar-refractivity contribution in [3.05, 3.63) is 29.8 Å². The largest absolute Gasteiger partial charge is 0.494 e. The molecular weight excluding hydrogens is 234 g/mol. The molecule has 0 heterocycles. The van der Waals surface area contributed by atoms with Crippen LogP contribution in [0.1, 0.15) is 51.0 Å². The Morgan fingerprint density at radius 3 is 2.63 bits per heavy atom. The van der Waals surface area contributed by atoms with Gasteiger partial charge in [-0.25, -0.2) is 0 Å². The van der Waals surface area contributed by atoms with Crippen LogP contribution in [0.3, 0.4) is 0 Å². The fourth-order valence-electron chi connectivity index (χ4n) is 2.19. The van der Waals surface area contributed by atoms with Gasteiger partial charge < -0.3 is 10.1 Å². The van der Waals surface area contributed by atoms with Gasteiger partial charge in [-0.05, 0) is 49.4 Å². The zero-order valence-electron chi connectivity index (χ0n) is 12.2. The van der Waals surface area contributed by atoms with E-state index < -0.39 is 0 Å². The Bertz CT molecular complexity index is 343. The van der Waals surface area contributed by atoms with E-state index in [4.69, 9.17) is 4.74 Å². The van der Waals surface area contributed by atoms with Crippen molar-refractivity contribution in [3.63, 3.8) is 0 Å². The molecule has 1 N–H and O–H groups in total. The maximum atomic E-state index is 5.66. The zero-order chi connectivity index (χ0) is 13.3. The van der Waals surface area contributed by atoms with Crippen LogP contribution in [0.5, 0.6) is 5.75 Å². The van der Waals surface area contributed by atoms with Crippen molar-refractivity contribution >= 4 is 0 Å². The fourth-order valence-corrected chi connectivity index (χ4v) is 2.19. The first kappa shape index (κ1) is 14.4. The second-order valence-electron chi connectivity index (χ2n) is 5.61. The number of hydrogen-bond donors (Lipinski definition) is 1. The summed E-state index contributed by atoms with van der Waals surface area (Å²) in [6, 6.07) is 8.48. The van der Waals surface area contributed by atoms with Crippen LogP contribution in [0.2, 0.25) is 0 Å². The van der Waals surface area contributed by atoms with Crippen LogP contribution in [-0.2, 0) is 6.54 Å². The number of benzene rings is 1. The third kappa shape index (κ3) is 6.11. The summed E-state index contributed by atoms with van der Waals surface area (Å²) in [6.45, 7) is 5.13. The van der Waals surface area contributed by atoms with E-state index in [2.05, 4.69) is 36.5 Å². The van der Waals surface area contributed by atoms with Crippen molar-refractivity contribution < 1.29 is 4.74 Å². The minimum absolute atomic E-state index is 0.829. The molecule has 0 radical (unpaired) electrons. The lowest BCUT2D eigenvalue weighted by Gasteiger charge is -2.07. The summed E-state index contributed by atoms with van der Waals surface area (Å²) >= 11 is 0. The highest BCUT2D eigenvalue weighted by molar-refractivity contribution is 5.27. The highest BCUT2D eigenvalue weighted by atomic mass is 16.5. The summed E-state index contributed by atoms with van der Waals surface area (Å²) in [5.41, 5.74) is 1.34. The Morgan fingerprint density at radius 2 is 1.95 bits per heavy atom. The average molecular weight is 261 g/mol. The molecule has 0 saturated heterocycles. The first-order valence-corrected chi connectivity index (χ1v) is 7.81. The van der Waals surface area contributed by atoms with Gasteiger partial charge in [0, 0.05) is 6.54 Å². The van der Waals surface area contributed by atoms with Gasteiger partial charge in [0.25, 0.3) is 0 Å². The summed E-state index contributed by atoms with van der Waals surface area (Å²) in [5, 5.41) is 3.52. The summed E-state index contributed by atoms with van der Waals surface area (Å²) in [6.07, 6.45) is 7.99. The lowest BCUT2D eigenvalue weighted by atomic mass is 10.2. The minimum atomic E-state index is 0.829. The van der Waals surface area contributed by atoms with Gasteiger partial charge in [0.15, 0.2) is 0 Å². The molecule has 0 spiro atoms. The molecule has 2 rings (SSSR count). The highest BCUT2D eigenvalue weighted by Crippen LogP contribution is 2.33. The molecule has 2 heteroatoms. The number of ether oxygens (including phenoxy) is 1. The minimum Gasteiger partial charge on any atom is -0.494 e. The number of hydrogen-bond acceptors (Lipinski definition) is 2. The second kappa shape index (κ2) is 8.21.